The lowest BCUT2D eigenvalue weighted by molar-refractivity contribution is 0.0531. The molecule has 0 bridgehead atoms. The second kappa shape index (κ2) is 6.82. The summed E-state index contributed by atoms with van der Waals surface area (Å²) >= 11 is 0.952. The Morgan fingerprint density at radius 1 is 1.35 bits per heavy atom. The van der Waals surface area contributed by atoms with E-state index < -0.39 is 29.1 Å². The minimum atomic E-state index is -0.831. The maximum Gasteiger partial charge on any atom is 0.350 e. The summed E-state index contributed by atoms with van der Waals surface area (Å²) in [6.07, 6.45) is 0. The first-order valence-electron chi connectivity index (χ1n) is 6.72. The van der Waals surface area contributed by atoms with E-state index in [1.165, 1.54) is 7.05 Å². The van der Waals surface area contributed by atoms with E-state index in [1.54, 1.807) is 13.8 Å². The largest absolute Gasteiger partial charge is 0.462 e. The number of esters is 1. The Kier molecular flexibility index (Phi) is 5.05. The number of hydrogen-bond donors (Lipinski definition) is 0. The first kappa shape index (κ1) is 17.0. The van der Waals surface area contributed by atoms with Gasteiger partial charge < -0.3 is 4.74 Å². The lowest BCUT2D eigenvalue weighted by Crippen LogP contribution is -2.27. The number of nitrogens with zero attached hydrogens (tertiary/aromatic N) is 2. The van der Waals surface area contributed by atoms with E-state index in [2.05, 4.69) is 4.98 Å². The quantitative estimate of drug-likeness (QED) is 0.802. The van der Waals surface area contributed by atoms with Crippen LogP contribution in [0.5, 0.6) is 0 Å². The van der Waals surface area contributed by atoms with Gasteiger partial charge >= 0.3 is 5.97 Å². The average molecular weight is 340 g/mol. The molecular formula is C15H14F2N2O3S. The van der Waals surface area contributed by atoms with Gasteiger partial charge in [0.25, 0.3) is 5.91 Å². The van der Waals surface area contributed by atoms with E-state index in [0.29, 0.717) is 5.69 Å². The van der Waals surface area contributed by atoms with Crippen LogP contribution in [0, 0.1) is 18.6 Å². The van der Waals surface area contributed by atoms with E-state index in [0.717, 1.165) is 34.4 Å². The predicted molar refractivity (Wildman–Crippen MR) is 81.9 cm³/mol. The number of halogens is 2. The Hall–Kier alpha value is -2.35. The summed E-state index contributed by atoms with van der Waals surface area (Å²) in [5, 5.41) is 0.194. The van der Waals surface area contributed by atoms with E-state index in [9.17, 15) is 18.4 Å². The number of aromatic nitrogens is 1. The van der Waals surface area contributed by atoms with E-state index in [1.807, 2.05) is 0 Å². The second-order valence-electron chi connectivity index (χ2n) is 4.62. The number of rotatable bonds is 4. The normalized spacial score (nSPS) is 10.5. The minimum absolute atomic E-state index is 0.194. The van der Waals surface area contributed by atoms with Gasteiger partial charge in [-0.25, -0.2) is 18.6 Å². The van der Waals surface area contributed by atoms with Crippen LogP contribution >= 0.6 is 11.3 Å². The lowest BCUT2D eigenvalue weighted by atomic mass is 10.2. The van der Waals surface area contributed by atoms with E-state index in [4.69, 9.17) is 4.74 Å². The standard InChI is InChI=1S/C15H14F2N2O3S/c1-4-22-14(21)12-8(2)18-15(23-12)19(3)13(20)10-7-9(16)5-6-11(10)17/h5-7H,4H2,1-3H3. The highest BCUT2D eigenvalue weighted by atomic mass is 32.1. The number of anilines is 1. The maximum atomic E-state index is 13.7. The predicted octanol–water partition coefficient (Wildman–Crippen LogP) is 3.18. The van der Waals surface area contributed by atoms with Crippen molar-refractivity contribution >= 4 is 28.3 Å². The summed E-state index contributed by atoms with van der Waals surface area (Å²) in [4.78, 5) is 29.5. The molecule has 0 spiro atoms. The fourth-order valence-electron chi connectivity index (χ4n) is 1.84. The van der Waals surface area contributed by atoms with Gasteiger partial charge in [-0.05, 0) is 32.0 Å². The molecule has 0 fully saturated rings. The number of ether oxygens (including phenoxy) is 1. The molecule has 2 rings (SSSR count). The SMILES string of the molecule is CCOC(=O)c1sc(N(C)C(=O)c2cc(F)ccc2F)nc1C. The molecule has 1 aromatic carbocycles. The molecule has 0 unspecified atom stereocenters. The van der Waals surface area contributed by atoms with Crippen molar-refractivity contribution in [3.63, 3.8) is 0 Å². The monoisotopic (exact) mass is 340 g/mol. The van der Waals surface area contributed by atoms with Gasteiger partial charge in [-0.2, -0.15) is 0 Å². The molecule has 0 N–H and O–H groups in total. The van der Waals surface area contributed by atoms with Gasteiger partial charge in [0.1, 0.15) is 16.5 Å². The molecular weight excluding hydrogens is 326 g/mol. The number of amides is 1. The van der Waals surface area contributed by atoms with E-state index in [-0.39, 0.29) is 16.6 Å². The third kappa shape index (κ3) is 3.53. The molecule has 0 aliphatic rings. The summed E-state index contributed by atoms with van der Waals surface area (Å²) in [6, 6.07) is 2.63. The first-order chi connectivity index (χ1) is 10.8. The van der Waals surface area contributed by atoms with Crippen LogP contribution in [-0.4, -0.2) is 30.5 Å². The number of aryl methyl sites for hydroxylation is 1. The van der Waals surface area contributed by atoms with Crippen LogP contribution in [0.4, 0.5) is 13.9 Å². The molecule has 2 aromatic rings. The molecule has 122 valence electrons. The van der Waals surface area contributed by atoms with Crippen LogP contribution in [0.3, 0.4) is 0 Å². The second-order valence-corrected chi connectivity index (χ2v) is 5.60. The Bertz CT molecular complexity index is 761. The minimum Gasteiger partial charge on any atom is -0.462 e. The van der Waals surface area contributed by atoms with Crippen LogP contribution < -0.4 is 4.90 Å². The molecule has 0 radical (unpaired) electrons. The molecule has 0 aliphatic carbocycles. The molecule has 0 saturated carbocycles. The van der Waals surface area contributed by atoms with Crippen molar-refractivity contribution in [2.45, 2.75) is 13.8 Å². The fraction of sp³-hybridized carbons (Fsp3) is 0.267. The van der Waals surface area contributed by atoms with Crippen LogP contribution in [0.15, 0.2) is 18.2 Å². The average Bonchev–Trinajstić information content (AvgIpc) is 2.90. The molecule has 1 heterocycles. The Morgan fingerprint density at radius 2 is 2.04 bits per heavy atom. The summed E-state index contributed by atoms with van der Waals surface area (Å²) in [6.45, 7) is 3.50. The van der Waals surface area contributed by atoms with Gasteiger partial charge in [-0.3, -0.25) is 9.69 Å². The molecule has 23 heavy (non-hydrogen) atoms. The number of benzene rings is 1. The molecule has 8 heteroatoms. The summed E-state index contributed by atoms with van der Waals surface area (Å²) in [5.74, 6) is -2.84. The first-order valence-corrected chi connectivity index (χ1v) is 7.54. The topological polar surface area (TPSA) is 59.5 Å². The highest BCUT2D eigenvalue weighted by molar-refractivity contribution is 7.17. The zero-order valence-corrected chi connectivity index (χ0v) is 13.5. The van der Waals surface area contributed by atoms with Crippen molar-refractivity contribution in [2.24, 2.45) is 0 Å². The van der Waals surface area contributed by atoms with Gasteiger partial charge in [0, 0.05) is 7.05 Å². The summed E-state index contributed by atoms with van der Waals surface area (Å²) in [7, 11) is 1.37. The number of thiazole rings is 1. The lowest BCUT2D eigenvalue weighted by Gasteiger charge is -2.14. The molecule has 0 aliphatic heterocycles. The van der Waals surface area contributed by atoms with Gasteiger partial charge in [0.05, 0.1) is 17.9 Å². The van der Waals surface area contributed by atoms with Crippen LogP contribution in [0.2, 0.25) is 0 Å². The van der Waals surface area contributed by atoms with Crippen LogP contribution in [-0.2, 0) is 4.74 Å². The van der Waals surface area contributed by atoms with Gasteiger partial charge in [-0.15, -0.1) is 0 Å². The smallest absolute Gasteiger partial charge is 0.350 e. The Balaban J connectivity index is 2.31. The zero-order chi connectivity index (χ0) is 17.1. The summed E-state index contributed by atoms with van der Waals surface area (Å²) < 4.78 is 31.8. The fourth-order valence-corrected chi connectivity index (χ4v) is 2.76. The summed E-state index contributed by atoms with van der Waals surface area (Å²) in [5.41, 5.74) is 0.000789. The molecule has 0 atom stereocenters. The Labute approximate surface area is 135 Å². The zero-order valence-electron chi connectivity index (χ0n) is 12.7. The van der Waals surface area contributed by atoms with Gasteiger partial charge in [0.15, 0.2) is 5.13 Å². The third-order valence-corrected chi connectivity index (χ3v) is 4.21. The molecule has 0 saturated heterocycles. The number of carbonyl (C=O) groups excluding carboxylic acids is 2. The van der Waals surface area contributed by atoms with E-state index >= 15 is 0 Å². The molecule has 1 amide bonds. The van der Waals surface area contributed by atoms with Crippen molar-refractivity contribution in [1.29, 1.82) is 0 Å². The molecule has 1 aromatic heterocycles. The third-order valence-electron chi connectivity index (χ3n) is 3.00. The Morgan fingerprint density at radius 3 is 2.70 bits per heavy atom. The van der Waals surface area contributed by atoms with Crippen LogP contribution in [0.1, 0.15) is 32.6 Å². The van der Waals surface area contributed by atoms with Crippen molar-refractivity contribution < 1.29 is 23.1 Å². The van der Waals surface area contributed by atoms with Crippen molar-refractivity contribution in [3.8, 4) is 0 Å². The van der Waals surface area contributed by atoms with Crippen molar-refractivity contribution in [2.75, 3.05) is 18.6 Å². The van der Waals surface area contributed by atoms with Gasteiger partial charge in [0.2, 0.25) is 0 Å². The van der Waals surface area contributed by atoms with Gasteiger partial charge in [-0.1, -0.05) is 11.3 Å². The highest BCUT2D eigenvalue weighted by Crippen LogP contribution is 2.27. The number of carbonyl (C=O) groups is 2. The maximum absolute atomic E-state index is 13.7. The van der Waals surface area contributed by atoms with Crippen molar-refractivity contribution in [3.05, 3.63) is 46.0 Å². The number of hydrogen-bond acceptors (Lipinski definition) is 5. The molecule has 5 nitrogen and oxygen atoms in total. The van der Waals surface area contributed by atoms with Crippen LogP contribution in [0.25, 0.3) is 0 Å². The van der Waals surface area contributed by atoms with Crippen molar-refractivity contribution in [1.82, 2.24) is 4.98 Å². The highest BCUT2D eigenvalue weighted by Gasteiger charge is 2.24.